The molecule has 0 fully saturated rings. The number of hydrogen-bond donors (Lipinski definition) is 2. The average molecular weight is 464 g/mol. The SMILES string of the molecule is CC1=C(C)C(=O)C(C(CCCNC(=O)c2ccccc2O)CCc2cccc(F)c2)=C(C)C1=O. The Labute approximate surface area is 199 Å². The number of ketones is 2. The molecule has 1 amide bonds. The summed E-state index contributed by atoms with van der Waals surface area (Å²) in [4.78, 5) is 38.2. The second-order valence-electron chi connectivity index (χ2n) is 8.73. The van der Waals surface area contributed by atoms with Crippen LogP contribution in [0.5, 0.6) is 5.75 Å². The van der Waals surface area contributed by atoms with E-state index < -0.39 is 0 Å². The Morgan fingerprint density at radius 3 is 2.35 bits per heavy atom. The van der Waals surface area contributed by atoms with Crippen molar-refractivity contribution in [2.24, 2.45) is 5.92 Å². The fraction of sp³-hybridized carbons (Fsp3) is 0.321. The van der Waals surface area contributed by atoms with Gasteiger partial charge in [0.1, 0.15) is 11.6 Å². The van der Waals surface area contributed by atoms with Gasteiger partial charge in [-0.25, -0.2) is 4.39 Å². The first-order valence-corrected chi connectivity index (χ1v) is 11.5. The van der Waals surface area contributed by atoms with Gasteiger partial charge in [-0.2, -0.15) is 0 Å². The second kappa shape index (κ2) is 11.1. The molecular weight excluding hydrogens is 433 g/mol. The Bertz CT molecular complexity index is 1180. The van der Waals surface area contributed by atoms with Crippen molar-refractivity contribution >= 4 is 17.5 Å². The maximum Gasteiger partial charge on any atom is 0.255 e. The van der Waals surface area contributed by atoms with Crippen LogP contribution in [-0.2, 0) is 16.0 Å². The first-order valence-electron chi connectivity index (χ1n) is 11.5. The molecule has 6 heteroatoms. The first-order chi connectivity index (χ1) is 16.2. The van der Waals surface area contributed by atoms with Gasteiger partial charge >= 0.3 is 0 Å². The van der Waals surface area contributed by atoms with Gasteiger partial charge < -0.3 is 10.4 Å². The molecule has 0 saturated heterocycles. The predicted octanol–water partition coefficient (Wildman–Crippen LogP) is 5.10. The smallest absolute Gasteiger partial charge is 0.255 e. The molecule has 1 aliphatic carbocycles. The van der Waals surface area contributed by atoms with Gasteiger partial charge in [0.25, 0.3) is 5.91 Å². The molecule has 0 spiro atoms. The third kappa shape index (κ3) is 5.68. The zero-order valence-electron chi connectivity index (χ0n) is 19.8. The summed E-state index contributed by atoms with van der Waals surface area (Å²) in [5.41, 5.74) is 2.97. The largest absolute Gasteiger partial charge is 0.507 e. The standard InChI is InChI=1S/C28H30FNO4/c1-17-18(2)27(33)25(19(3)26(17)32)21(14-13-20-8-6-10-22(29)16-20)9-7-15-30-28(34)23-11-4-5-12-24(23)31/h4-6,8,10-12,16,21,31H,7,9,13-15H2,1-3H3,(H,30,34). The Balaban J connectivity index is 1.73. The van der Waals surface area contributed by atoms with Crippen molar-refractivity contribution in [2.75, 3.05) is 6.54 Å². The maximum absolute atomic E-state index is 13.6. The van der Waals surface area contributed by atoms with Crippen molar-refractivity contribution in [3.05, 3.63) is 87.8 Å². The van der Waals surface area contributed by atoms with Crippen molar-refractivity contribution in [1.82, 2.24) is 5.32 Å². The van der Waals surface area contributed by atoms with Crippen LogP contribution in [0.4, 0.5) is 4.39 Å². The van der Waals surface area contributed by atoms with Crippen LogP contribution in [0.25, 0.3) is 0 Å². The van der Waals surface area contributed by atoms with Gasteiger partial charge in [0, 0.05) is 28.8 Å². The summed E-state index contributed by atoms with van der Waals surface area (Å²) in [6.45, 7) is 5.40. The molecule has 1 aliphatic rings. The number of amides is 1. The third-order valence-electron chi connectivity index (χ3n) is 6.48. The average Bonchev–Trinajstić information content (AvgIpc) is 2.82. The van der Waals surface area contributed by atoms with E-state index in [1.165, 1.54) is 18.2 Å². The molecule has 0 aliphatic heterocycles. The Kier molecular flexibility index (Phi) is 8.16. The number of aryl methyl sites for hydroxylation is 1. The van der Waals surface area contributed by atoms with Crippen LogP contribution < -0.4 is 5.32 Å². The number of phenols is 1. The maximum atomic E-state index is 13.6. The van der Waals surface area contributed by atoms with Gasteiger partial charge in [-0.3, -0.25) is 14.4 Å². The molecule has 2 N–H and O–H groups in total. The van der Waals surface area contributed by atoms with Crippen LogP contribution >= 0.6 is 0 Å². The van der Waals surface area contributed by atoms with Crippen LogP contribution in [0.1, 0.15) is 56.0 Å². The molecule has 0 aromatic heterocycles. The summed E-state index contributed by atoms with van der Waals surface area (Å²) in [6, 6.07) is 12.7. The van der Waals surface area contributed by atoms with Gasteiger partial charge in [-0.1, -0.05) is 24.3 Å². The number of nitrogens with one attached hydrogen (secondary N) is 1. The van der Waals surface area contributed by atoms with Crippen LogP contribution in [0.2, 0.25) is 0 Å². The number of carbonyl (C=O) groups excluding carboxylic acids is 3. The van der Waals surface area contributed by atoms with Crippen LogP contribution in [-0.4, -0.2) is 29.1 Å². The van der Waals surface area contributed by atoms with E-state index in [0.717, 1.165) is 5.56 Å². The number of allylic oxidation sites excluding steroid dienone is 4. The monoisotopic (exact) mass is 463 g/mol. The van der Waals surface area contributed by atoms with Gasteiger partial charge in [-0.05, 0) is 82.2 Å². The molecular formula is C28H30FNO4. The molecule has 178 valence electrons. The van der Waals surface area contributed by atoms with E-state index in [-0.39, 0.29) is 40.5 Å². The summed E-state index contributed by atoms with van der Waals surface area (Å²) < 4.78 is 13.6. The van der Waals surface area contributed by atoms with E-state index in [4.69, 9.17) is 0 Å². The van der Waals surface area contributed by atoms with Crippen molar-refractivity contribution in [3.63, 3.8) is 0 Å². The zero-order valence-corrected chi connectivity index (χ0v) is 19.8. The normalized spacial score (nSPS) is 15.1. The number of benzene rings is 2. The third-order valence-corrected chi connectivity index (χ3v) is 6.48. The highest BCUT2D eigenvalue weighted by atomic mass is 19.1. The summed E-state index contributed by atoms with van der Waals surface area (Å²) in [5, 5.41) is 12.7. The van der Waals surface area contributed by atoms with Gasteiger partial charge in [0.05, 0.1) is 5.56 Å². The molecule has 1 atom stereocenters. The first kappa shape index (κ1) is 25.1. The molecule has 3 rings (SSSR count). The molecule has 1 unspecified atom stereocenters. The number of phenolic OH excluding ortho intramolecular Hbond substituents is 1. The van der Waals surface area contributed by atoms with E-state index in [2.05, 4.69) is 5.32 Å². The van der Waals surface area contributed by atoms with Crippen molar-refractivity contribution in [3.8, 4) is 5.75 Å². The molecule has 0 radical (unpaired) electrons. The summed E-state index contributed by atoms with van der Waals surface area (Å²) in [6.07, 6.45) is 2.29. The second-order valence-corrected chi connectivity index (χ2v) is 8.73. The fourth-order valence-corrected chi connectivity index (χ4v) is 4.39. The highest BCUT2D eigenvalue weighted by Crippen LogP contribution is 2.33. The molecule has 0 saturated carbocycles. The minimum Gasteiger partial charge on any atom is -0.507 e. The Morgan fingerprint density at radius 2 is 1.65 bits per heavy atom. The number of rotatable bonds is 9. The van der Waals surface area contributed by atoms with Crippen LogP contribution in [0, 0.1) is 11.7 Å². The Morgan fingerprint density at radius 1 is 0.941 bits per heavy atom. The number of aromatic hydroxyl groups is 1. The fourth-order valence-electron chi connectivity index (χ4n) is 4.39. The molecule has 2 aromatic rings. The van der Waals surface area contributed by atoms with Crippen LogP contribution in [0.15, 0.2) is 70.8 Å². The lowest BCUT2D eigenvalue weighted by Gasteiger charge is -2.26. The highest BCUT2D eigenvalue weighted by Gasteiger charge is 2.32. The van der Waals surface area contributed by atoms with Gasteiger partial charge in [0.15, 0.2) is 11.6 Å². The van der Waals surface area contributed by atoms with Gasteiger partial charge in [0.2, 0.25) is 0 Å². The number of hydrogen-bond acceptors (Lipinski definition) is 4. The van der Waals surface area contributed by atoms with Crippen molar-refractivity contribution < 1.29 is 23.9 Å². The number of Topliss-reactive ketones (excluding diaryl/α,β-unsaturated/α-hetero) is 2. The lowest BCUT2D eigenvalue weighted by Crippen LogP contribution is -2.28. The minimum atomic E-state index is -0.372. The summed E-state index contributed by atoms with van der Waals surface area (Å²) in [7, 11) is 0. The van der Waals surface area contributed by atoms with E-state index in [1.54, 1.807) is 45.0 Å². The van der Waals surface area contributed by atoms with E-state index in [1.807, 2.05) is 6.07 Å². The minimum absolute atomic E-state index is 0.0855. The topological polar surface area (TPSA) is 83.5 Å². The van der Waals surface area contributed by atoms with Crippen molar-refractivity contribution in [1.29, 1.82) is 0 Å². The molecule has 0 bridgehead atoms. The van der Waals surface area contributed by atoms with E-state index in [9.17, 15) is 23.9 Å². The van der Waals surface area contributed by atoms with E-state index in [0.29, 0.717) is 54.5 Å². The van der Waals surface area contributed by atoms with Crippen LogP contribution in [0.3, 0.4) is 0 Å². The predicted molar refractivity (Wildman–Crippen MR) is 129 cm³/mol. The van der Waals surface area contributed by atoms with E-state index >= 15 is 0 Å². The number of para-hydroxylation sites is 1. The molecule has 5 nitrogen and oxygen atoms in total. The lowest BCUT2D eigenvalue weighted by atomic mass is 9.76. The quantitative estimate of drug-likeness (QED) is 0.401. The van der Waals surface area contributed by atoms with Gasteiger partial charge in [-0.15, -0.1) is 0 Å². The number of carbonyl (C=O) groups is 3. The number of halogens is 1. The Hall–Kier alpha value is -3.54. The molecule has 2 aromatic carbocycles. The highest BCUT2D eigenvalue weighted by molar-refractivity contribution is 6.24. The van der Waals surface area contributed by atoms with Crippen molar-refractivity contribution in [2.45, 2.75) is 46.5 Å². The molecule has 34 heavy (non-hydrogen) atoms. The summed E-state index contributed by atoms with van der Waals surface area (Å²) >= 11 is 0. The zero-order chi connectivity index (χ0) is 24.8. The lowest BCUT2D eigenvalue weighted by molar-refractivity contribution is -0.116. The summed E-state index contributed by atoms with van der Waals surface area (Å²) in [5.74, 6) is -1.20. The molecule has 0 heterocycles.